The summed E-state index contributed by atoms with van der Waals surface area (Å²) >= 11 is 7.85. The lowest BCUT2D eigenvalue weighted by Gasteiger charge is -2.32. The molecule has 1 heterocycles. The number of thioether (sulfide) groups is 1. The Morgan fingerprint density at radius 2 is 2.20 bits per heavy atom. The molecule has 1 atom stereocenters. The normalized spacial score (nSPS) is 19.9. The van der Waals surface area contributed by atoms with Crippen molar-refractivity contribution in [3.8, 4) is 0 Å². The summed E-state index contributed by atoms with van der Waals surface area (Å²) in [7, 11) is 0. The quantitative estimate of drug-likeness (QED) is 0.641. The predicted molar refractivity (Wildman–Crippen MR) is 83.6 cm³/mol. The number of carboxylic acid groups (broad SMARTS) is 1. The van der Waals surface area contributed by atoms with E-state index in [0.717, 1.165) is 54.4 Å². The molecule has 0 spiro atoms. The summed E-state index contributed by atoms with van der Waals surface area (Å²) < 4.78 is 0. The van der Waals surface area contributed by atoms with Gasteiger partial charge in [0.05, 0.1) is 5.02 Å². The SMILES string of the molecule is O=C(O)C1CCCCN1CCCSc1ccccc1Cl. The lowest BCUT2D eigenvalue weighted by Crippen LogP contribution is -2.45. The van der Waals surface area contributed by atoms with Gasteiger partial charge in [-0.05, 0) is 50.2 Å². The Labute approximate surface area is 129 Å². The number of rotatable bonds is 6. The Morgan fingerprint density at radius 1 is 1.40 bits per heavy atom. The van der Waals surface area contributed by atoms with Gasteiger partial charge in [0.1, 0.15) is 6.04 Å². The molecule has 1 aromatic rings. The zero-order chi connectivity index (χ0) is 14.4. The van der Waals surface area contributed by atoms with Crippen molar-refractivity contribution in [3.63, 3.8) is 0 Å². The Balaban J connectivity index is 1.75. The molecule has 2 rings (SSSR count). The van der Waals surface area contributed by atoms with E-state index in [4.69, 9.17) is 11.6 Å². The average molecular weight is 314 g/mol. The van der Waals surface area contributed by atoms with Gasteiger partial charge < -0.3 is 5.11 Å². The van der Waals surface area contributed by atoms with Crippen LogP contribution in [0, 0.1) is 0 Å². The Hall–Kier alpha value is -0.710. The summed E-state index contributed by atoms with van der Waals surface area (Å²) in [5.41, 5.74) is 0. The fraction of sp³-hybridized carbons (Fsp3) is 0.533. The molecule has 0 radical (unpaired) electrons. The van der Waals surface area contributed by atoms with E-state index in [0.29, 0.717) is 0 Å². The first-order chi connectivity index (χ1) is 9.68. The van der Waals surface area contributed by atoms with Gasteiger partial charge in [-0.25, -0.2) is 0 Å². The van der Waals surface area contributed by atoms with E-state index in [2.05, 4.69) is 4.90 Å². The van der Waals surface area contributed by atoms with Crippen molar-refractivity contribution in [2.45, 2.75) is 36.6 Å². The predicted octanol–water partition coefficient (Wildman–Crippen LogP) is 3.76. The van der Waals surface area contributed by atoms with Crippen LogP contribution >= 0.6 is 23.4 Å². The molecule has 1 unspecified atom stereocenters. The fourth-order valence-electron chi connectivity index (χ4n) is 2.55. The number of hydrogen-bond acceptors (Lipinski definition) is 3. The molecule has 1 aliphatic rings. The summed E-state index contributed by atoms with van der Waals surface area (Å²) in [6, 6.07) is 7.55. The molecule has 0 amide bonds. The Morgan fingerprint density at radius 3 is 2.95 bits per heavy atom. The van der Waals surface area contributed by atoms with E-state index in [1.54, 1.807) is 11.8 Å². The largest absolute Gasteiger partial charge is 0.480 e. The minimum Gasteiger partial charge on any atom is -0.480 e. The first kappa shape index (κ1) is 15.7. The summed E-state index contributed by atoms with van der Waals surface area (Å²) in [6.45, 7) is 1.77. The first-order valence-corrected chi connectivity index (χ1v) is 8.39. The smallest absolute Gasteiger partial charge is 0.320 e. The van der Waals surface area contributed by atoms with Crippen LogP contribution in [0.2, 0.25) is 5.02 Å². The van der Waals surface area contributed by atoms with Gasteiger partial charge in [-0.1, -0.05) is 30.2 Å². The molecule has 1 saturated heterocycles. The third-order valence-electron chi connectivity index (χ3n) is 3.58. The van der Waals surface area contributed by atoms with Gasteiger partial charge >= 0.3 is 5.97 Å². The van der Waals surface area contributed by atoms with Crippen LogP contribution in [-0.4, -0.2) is 40.9 Å². The standard InChI is InChI=1S/C15H20ClNO2S/c16-12-6-1-2-8-14(12)20-11-5-10-17-9-4-3-7-13(17)15(18)19/h1-2,6,8,13H,3-5,7,9-11H2,(H,18,19). The number of piperidine rings is 1. The van der Waals surface area contributed by atoms with Gasteiger partial charge in [0.2, 0.25) is 0 Å². The van der Waals surface area contributed by atoms with Gasteiger partial charge in [0, 0.05) is 4.90 Å². The highest BCUT2D eigenvalue weighted by molar-refractivity contribution is 7.99. The third kappa shape index (κ3) is 4.40. The van der Waals surface area contributed by atoms with Crippen LogP contribution in [0.25, 0.3) is 0 Å². The number of hydrogen-bond donors (Lipinski definition) is 1. The molecule has 110 valence electrons. The van der Waals surface area contributed by atoms with E-state index in [1.165, 1.54) is 0 Å². The molecule has 0 aromatic heterocycles. The number of likely N-dealkylation sites (tertiary alicyclic amines) is 1. The molecule has 1 aromatic carbocycles. The molecule has 1 fully saturated rings. The van der Waals surface area contributed by atoms with Crippen molar-refractivity contribution >= 4 is 29.3 Å². The maximum Gasteiger partial charge on any atom is 0.320 e. The number of benzene rings is 1. The fourth-order valence-corrected chi connectivity index (χ4v) is 3.72. The van der Waals surface area contributed by atoms with Crippen LogP contribution in [0.3, 0.4) is 0 Å². The number of nitrogens with zero attached hydrogens (tertiary/aromatic N) is 1. The van der Waals surface area contributed by atoms with E-state index in [9.17, 15) is 9.90 Å². The monoisotopic (exact) mass is 313 g/mol. The average Bonchev–Trinajstić information content (AvgIpc) is 2.45. The highest BCUT2D eigenvalue weighted by Gasteiger charge is 2.27. The second kappa shape index (κ2) is 7.91. The van der Waals surface area contributed by atoms with Gasteiger partial charge in [-0.2, -0.15) is 0 Å². The molecule has 1 N–H and O–H groups in total. The summed E-state index contributed by atoms with van der Waals surface area (Å²) in [5.74, 6) is 0.287. The Kier molecular flexibility index (Phi) is 6.20. The van der Waals surface area contributed by atoms with Gasteiger partial charge in [-0.15, -0.1) is 11.8 Å². The van der Waals surface area contributed by atoms with Crippen LogP contribution in [0.4, 0.5) is 0 Å². The van der Waals surface area contributed by atoms with E-state index in [-0.39, 0.29) is 6.04 Å². The van der Waals surface area contributed by atoms with Crippen molar-refractivity contribution < 1.29 is 9.90 Å². The number of aliphatic carboxylic acids is 1. The molecule has 0 saturated carbocycles. The topological polar surface area (TPSA) is 40.5 Å². The highest BCUT2D eigenvalue weighted by Crippen LogP contribution is 2.27. The molecule has 3 nitrogen and oxygen atoms in total. The lowest BCUT2D eigenvalue weighted by molar-refractivity contribution is -0.144. The van der Waals surface area contributed by atoms with Crippen LogP contribution in [-0.2, 0) is 4.79 Å². The molecule has 0 aliphatic carbocycles. The molecular formula is C15H20ClNO2S. The maximum absolute atomic E-state index is 11.2. The van der Waals surface area contributed by atoms with Crippen molar-refractivity contribution in [2.24, 2.45) is 0 Å². The summed E-state index contributed by atoms with van der Waals surface area (Å²) in [4.78, 5) is 14.4. The number of halogens is 1. The summed E-state index contributed by atoms with van der Waals surface area (Å²) in [5, 5.41) is 10.0. The van der Waals surface area contributed by atoms with Crippen LogP contribution < -0.4 is 0 Å². The van der Waals surface area contributed by atoms with Crippen molar-refractivity contribution in [2.75, 3.05) is 18.8 Å². The second-order valence-corrected chi connectivity index (χ2v) is 6.56. The zero-order valence-corrected chi connectivity index (χ0v) is 13.0. The van der Waals surface area contributed by atoms with E-state index in [1.807, 2.05) is 24.3 Å². The third-order valence-corrected chi connectivity index (χ3v) is 5.18. The highest BCUT2D eigenvalue weighted by atomic mass is 35.5. The van der Waals surface area contributed by atoms with Gasteiger partial charge in [-0.3, -0.25) is 9.69 Å². The van der Waals surface area contributed by atoms with Crippen LogP contribution in [0.5, 0.6) is 0 Å². The molecule has 0 bridgehead atoms. The van der Waals surface area contributed by atoms with Crippen molar-refractivity contribution in [1.29, 1.82) is 0 Å². The zero-order valence-electron chi connectivity index (χ0n) is 11.4. The minimum atomic E-state index is -0.677. The van der Waals surface area contributed by atoms with Gasteiger partial charge in [0.15, 0.2) is 0 Å². The molecule has 20 heavy (non-hydrogen) atoms. The minimum absolute atomic E-state index is 0.283. The van der Waals surface area contributed by atoms with E-state index >= 15 is 0 Å². The van der Waals surface area contributed by atoms with E-state index < -0.39 is 5.97 Å². The molecule has 1 aliphatic heterocycles. The molecule has 5 heteroatoms. The first-order valence-electron chi connectivity index (χ1n) is 7.02. The van der Waals surface area contributed by atoms with Crippen molar-refractivity contribution in [3.05, 3.63) is 29.3 Å². The van der Waals surface area contributed by atoms with Gasteiger partial charge in [0.25, 0.3) is 0 Å². The molecular weight excluding hydrogens is 294 g/mol. The summed E-state index contributed by atoms with van der Waals surface area (Å²) in [6.07, 6.45) is 3.91. The maximum atomic E-state index is 11.2. The second-order valence-electron chi connectivity index (χ2n) is 5.02. The lowest BCUT2D eigenvalue weighted by atomic mass is 10.0. The van der Waals surface area contributed by atoms with Crippen molar-refractivity contribution in [1.82, 2.24) is 4.90 Å². The number of carbonyl (C=O) groups is 1. The Bertz CT molecular complexity index is 455. The van der Waals surface area contributed by atoms with Crippen LogP contribution in [0.1, 0.15) is 25.7 Å². The van der Waals surface area contributed by atoms with Crippen LogP contribution in [0.15, 0.2) is 29.2 Å². The number of carboxylic acids is 1.